The number of amides is 2. The Balaban J connectivity index is 1.58. The van der Waals surface area contributed by atoms with Gasteiger partial charge in [0.2, 0.25) is 0 Å². The van der Waals surface area contributed by atoms with E-state index in [1.54, 1.807) is 0 Å². The van der Waals surface area contributed by atoms with Crippen LogP contribution in [-0.2, 0) is 11.3 Å². The number of carbonyl (C=O) groups excluding carboxylic acids is 2. The summed E-state index contributed by atoms with van der Waals surface area (Å²) in [6.07, 6.45) is 3.18. The monoisotopic (exact) mass is 515 g/mol. The fourth-order valence-electron chi connectivity index (χ4n) is 5.00. The number of rotatable bonds is 9. The summed E-state index contributed by atoms with van der Waals surface area (Å²) in [6.45, 7) is 9.93. The summed E-state index contributed by atoms with van der Waals surface area (Å²) in [5.41, 5.74) is 4.83. The molecule has 1 saturated heterocycles. The molecule has 3 aromatic rings. The van der Waals surface area contributed by atoms with E-state index in [1.807, 2.05) is 61.5 Å². The van der Waals surface area contributed by atoms with E-state index >= 15 is 0 Å². The van der Waals surface area contributed by atoms with E-state index in [-0.39, 0.29) is 11.9 Å². The third-order valence-corrected chi connectivity index (χ3v) is 7.09. The van der Waals surface area contributed by atoms with E-state index in [4.69, 9.17) is 4.74 Å². The molecule has 0 spiro atoms. The number of hydrogen-bond acceptors (Lipinski definition) is 6. The van der Waals surface area contributed by atoms with Gasteiger partial charge in [-0.1, -0.05) is 24.3 Å². The highest BCUT2D eigenvalue weighted by Gasteiger charge is 2.27. The molecule has 0 bridgehead atoms. The van der Waals surface area contributed by atoms with Crippen LogP contribution < -0.4 is 5.32 Å². The zero-order valence-electron chi connectivity index (χ0n) is 22.5. The average molecular weight is 516 g/mol. The number of ether oxygens (including phenoxy) is 1. The zero-order chi connectivity index (χ0) is 26.9. The largest absolute Gasteiger partial charge is 0.453 e. The van der Waals surface area contributed by atoms with E-state index in [9.17, 15) is 9.59 Å². The van der Waals surface area contributed by atoms with Crippen LogP contribution in [-0.4, -0.2) is 78.1 Å². The molecule has 0 saturated carbocycles. The van der Waals surface area contributed by atoms with Crippen LogP contribution in [0.4, 0.5) is 10.5 Å². The number of pyridine rings is 1. The third-order valence-electron chi connectivity index (χ3n) is 7.09. The summed E-state index contributed by atoms with van der Waals surface area (Å²) < 4.78 is 4.78. The fraction of sp³-hybridized carbons (Fsp3) is 0.367. The number of piperazine rings is 1. The smallest absolute Gasteiger partial charge is 0.411 e. The van der Waals surface area contributed by atoms with Crippen molar-refractivity contribution in [3.63, 3.8) is 0 Å². The van der Waals surface area contributed by atoms with Gasteiger partial charge >= 0.3 is 6.09 Å². The fourth-order valence-corrected chi connectivity index (χ4v) is 5.00. The number of hydrogen-bond donors (Lipinski definition) is 1. The van der Waals surface area contributed by atoms with E-state index in [2.05, 4.69) is 50.4 Å². The lowest BCUT2D eigenvalue weighted by Crippen LogP contribution is -2.47. The average Bonchev–Trinajstić information content (AvgIpc) is 2.96. The Hall–Kier alpha value is -3.75. The molecule has 1 aliphatic rings. The van der Waals surface area contributed by atoms with Crippen LogP contribution >= 0.6 is 0 Å². The number of benzene rings is 2. The summed E-state index contributed by atoms with van der Waals surface area (Å²) in [6, 6.07) is 20.0. The number of aromatic nitrogens is 1. The van der Waals surface area contributed by atoms with Crippen molar-refractivity contribution < 1.29 is 14.3 Å². The van der Waals surface area contributed by atoms with Gasteiger partial charge in [0.1, 0.15) is 0 Å². The van der Waals surface area contributed by atoms with Crippen molar-refractivity contribution in [2.45, 2.75) is 26.4 Å². The highest BCUT2D eigenvalue weighted by atomic mass is 16.5. The minimum absolute atomic E-state index is 0.0184. The number of carbonyl (C=O) groups is 2. The normalized spacial score (nSPS) is 15.0. The maximum absolute atomic E-state index is 12.9. The molecule has 1 fully saturated rings. The van der Waals surface area contributed by atoms with Gasteiger partial charge in [-0.15, -0.1) is 0 Å². The van der Waals surface area contributed by atoms with Gasteiger partial charge in [0, 0.05) is 69.5 Å². The van der Waals surface area contributed by atoms with E-state index < -0.39 is 6.09 Å². The van der Waals surface area contributed by atoms with Crippen molar-refractivity contribution in [2.75, 3.05) is 51.7 Å². The second kappa shape index (κ2) is 13.2. The van der Waals surface area contributed by atoms with Gasteiger partial charge in [-0.25, -0.2) is 4.79 Å². The number of nitrogens with one attached hydrogen (secondary N) is 1. The quantitative estimate of drug-likeness (QED) is 0.447. The molecule has 0 radical (unpaired) electrons. The van der Waals surface area contributed by atoms with Crippen molar-refractivity contribution in [1.29, 1.82) is 0 Å². The van der Waals surface area contributed by atoms with Crippen LogP contribution in [0.1, 0.15) is 46.9 Å². The topological polar surface area (TPSA) is 78.0 Å². The Morgan fingerprint density at radius 3 is 2.26 bits per heavy atom. The van der Waals surface area contributed by atoms with E-state index in [1.165, 1.54) is 12.7 Å². The first-order chi connectivity index (χ1) is 18.5. The van der Waals surface area contributed by atoms with Gasteiger partial charge in [-0.2, -0.15) is 0 Å². The van der Waals surface area contributed by atoms with E-state index in [0.717, 1.165) is 43.9 Å². The Morgan fingerprint density at radius 1 is 0.947 bits per heavy atom. The Labute approximate surface area is 225 Å². The SMILES string of the molecule is CCN(CC)C(=O)c1ccc(C(c2cccc(NC(=O)OC)c2)N2CCN(Cc3ccncc3)CC2)cc1. The molecule has 200 valence electrons. The van der Waals surface area contributed by atoms with Gasteiger partial charge < -0.3 is 9.64 Å². The minimum atomic E-state index is -0.498. The second-order valence-electron chi connectivity index (χ2n) is 9.41. The summed E-state index contributed by atoms with van der Waals surface area (Å²) in [5, 5.41) is 2.78. The lowest BCUT2D eigenvalue weighted by molar-refractivity contribution is 0.0772. The molecule has 2 aromatic carbocycles. The number of methoxy groups -OCH3 is 1. The molecule has 8 heteroatoms. The lowest BCUT2D eigenvalue weighted by atomic mass is 9.94. The number of nitrogens with zero attached hydrogens (tertiary/aromatic N) is 4. The predicted octanol–water partition coefficient (Wildman–Crippen LogP) is 4.65. The van der Waals surface area contributed by atoms with Crippen molar-refractivity contribution in [2.24, 2.45) is 0 Å². The van der Waals surface area contributed by atoms with Crippen LogP contribution in [0.25, 0.3) is 0 Å². The summed E-state index contributed by atoms with van der Waals surface area (Å²) in [5.74, 6) is 0.0482. The molecule has 38 heavy (non-hydrogen) atoms. The predicted molar refractivity (Wildman–Crippen MR) is 149 cm³/mol. The highest BCUT2D eigenvalue weighted by molar-refractivity contribution is 5.94. The van der Waals surface area contributed by atoms with Crippen molar-refractivity contribution >= 4 is 17.7 Å². The van der Waals surface area contributed by atoms with Gasteiger partial charge in [0.05, 0.1) is 13.2 Å². The molecule has 4 rings (SSSR count). The molecule has 1 unspecified atom stereocenters. The summed E-state index contributed by atoms with van der Waals surface area (Å²) in [4.78, 5) is 35.6. The molecule has 8 nitrogen and oxygen atoms in total. The first-order valence-corrected chi connectivity index (χ1v) is 13.2. The maximum Gasteiger partial charge on any atom is 0.411 e. The molecule has 2 heterocycles. The van der Waals surface area contributed by atoms with Crippen LogP contribution in [0.15, 0.2) is 73.1 Å². The highest BCUT2D eigenvalue weighted by Crippen LogP contribution is 2.32. The zero-order valence-corrected chi connectivity index (χ0v) is 22.5. The maximum atomic E-state index is 12.9. The summed E-state index contributed by atoms with van der Waals surface area (Å²) in [7, 11) is 1.36. The lowest BCUT2D eigenvalue weighted by Gasteiger charge is -2.40. The first kappa shape index (κ1) is 27.3. The Morgan fingerprint density at radius 2 is 1.63 bits per heavy atom. The summed E-state index contributed by atoms with van der Waals surface area (Å²) >= 11 is 0. The molecule has 2 amide bonds. The van der Waals surface area contributed by atoms with Crippen molar-refractivity contribution in [3.05, 3.63) is 95.3 Å². The van der Waals surface area contributed by atoms with Crippen LogP contribution in [0.3, 0.4) is 0 Å². The van der Waals surface area contributed by atoms with Crippen LogP contribution in [0, 0.1) is 0 Å². The molecular weight excluding hydrogens is 478 g/mol. The first-order valence-electron chi connectivity index (χ1n) is 13.2. The molecular formula is C30H37N5O3. The van der Waals surface area contributed by atoms with Crippen LogP contribution in [0.2, 0.25) is 0 Å². The van der Waals surface area contributed by atoms with Gasteiger partial charge in [0.25, 0.3) is 5.91 Å². The minimum Gasteiger partial charge on any atom is -0.453 e. The molecule has 1 atom stereocenters. The second-order valence-corrected chi connectivity index (χ2v) is 9.41. The standard InChI is InChI=1S/C30H37N5O3/c1-4-34(5-2)29(36)25-11-9-24(10-12-25)28(26-7-6-8-27(21-26)32-30(37)38-3)35-19-17-33(18-20-35)22-23-13-15-31-16-14-23/h6-16,21,28H,4-5,17-20,22H2,1-3H3,(H,32,37). The molecule has 1 N–H and O–H groups in total. The van der Waals surface area contributed by atoms with Crippen molar-refractivity contribution in [1.82, 2.24) is 19.7 Å². The molecule has 0 aliphatic carbocycles. The third kappa shape index (κ3) is 6.76. The van der Waals surface area contributed by atoms with Gasteiger partial charge in [0.15, 0.2) is 0 Å². The molecule has 1 aliphatic heterocycles. The molecule has 1 aromatic heterocycles. The Kier molecular flexibility index (Phi) is 9.46. The Bertz CT molecular complexity index is 1190. The van der Waals surface area contributed by atoms with Crippen molar-refractivity contribution in [3.8, 4) is 0 Å². The van der Waals surface area contributed by atoms with Gasteiger partial charge in [-0.3, -0.25) is 24.9 Å². The number of anilines is 1. The van der Waals surface area contributed by atoms with Crippen LogP contribution in [0.5, 0.6) is 0 Å². The van der Waals surface area contributed by atoms with E-state index in [0.29, 0.717) is 24.3 Å². The van der Waals surface area contributed by atoms with Gasteiger partial charge in [-0.05, 0) is 66.9 Å².